The van der Waals surface area contributed by atoms with E-state index >= 15 is 0 Å². The van der Waals surface area contributed by atoms with Gasteiger partial charge in [-0.1, -0.05) is 13.8 Å². The highest BCUT2D eigenvalue weighted by molar-refractivity contribution is 5.82. The molecule has 1 saturated carbocycles. The lowest BCUT2D eigenvalue weighted by atomic mass is 9.92. The van der Waals surface area contributed by atoms with Gasteiger partial charge in [-0.05, 0) is 56.8 Å². The van der Waals surface area contributed by atoms with Crippen LogP contribution in [0.5, 0.6) is 0 Å². The van der Waals surface area contributed by atoms with E-state index in [-0.39, 0.29) is 23.5 Å². The molecular formula is C25H38F3N5O5. The second-order valence-electron chi connectivity index (χ2n) is 11.5. The molecule has 3 saturated heterocycles. The number of amides is 4. The number of nitrogens with two attached hydrogens (primary N) is 1. The van der Waals surface area contributed by atoms with Gasteiger partial charge in [0.15, 0.2) is 0 Å². The number of hydrogen-bond acceptors (Lipinski definition) is 6. The van der Waals surface area contributed by atoms with Crippen LogP contribution >= 0.6 is 0 Å². The zero-order chi connectivity index (χ0) is 28.9. The minimum atomic E-state index is -4.86. The molecule has 1 aliphatic carbocycles. The van der Waals surface area contributed by atoms with E-state index in [1.807, 2.05) is 19.9 Å². The quantitative estimate of drug-likeness (QED) is 0.431. The molecular weight excluding hydrogens is 507 g/mol. The van der Waals surface area contributed by atoms with Crippen molar-refractivity contribution in [3.8, 4) is 6.07 Å². The summed E-state index contributed by atoms with van der Waals surface area (Å²) in [6.45, 7) is 11.4. The number of nitrogens with one attached hydrogen (secondary N) is 2. The zero-order valence-corrected chi connectivity index (χ0v) is 22.3. The van der Waals surface area contributed by atoms with Gasteiger partial charge in [0.2, 0.25) is 18.2 Å². The van der Waals surface area contributed by atoms with Crippen molar-refractivity contribution >= 4 is 24.1 Å². The standard InChI is InChI=1S/C13H21NO2.C10H15N3O2.C2H2F3NO/c1-13(2)10-7-14(8-11(10)13)12(15)6-9-4-3-5-16-9;1-10(2)4-7(9(15)13-10)3-8(5-11)12-6-14;3-2(4,5)1(6)7/h9-11H,3-8H2,1-2H3;6-8H,3-4H2,1-2H3,(H,12,14)(H,13,15);(H2,6,7). The van der Waals surface area contributed by atoms with Gasteiger partial charge in [0.25, 0.3) is 0 Å². The van der Waals surface area contributed by atoms with Crippen LogP contribution in [0.4, 0.5) is 13.2 Å². The fourth-order valence-corrected chi connectivity index (χ4v) is 5.38. The summed E-state index contributed by atoms with van der Waals surface area (Å²) in [4.78, 5) is 44.9. The van der Waals surface area contributed by atoms with Crippen LogP contribution in [0, 0.1) is 34.5 Å². The normalized spacial score (nSPS) is 28.8. The van der Waals surface area contributed by atoms with Crippen molar-refractivity contribution in [1.29, 1.82) is 5.26 Å². The van der Waals surface area contributed by atoms with Gasteiger partial charge >= 0.3 is 12.1 Å². The third-order valence-electron chi connectivity index (χ3n) is 7.71. The largest absolute Gasteiger partial charge is 0.470 e. The first-order valence-corrected chi connectivity index (χ1v) is 12.7. The summed E-state index contributed by atoms with van der Waals surface area (Å²) in [6, 6.07) is 1.38. The van der Waals surface area contributed by atoms with Gasteiger partial charge in [-0.15, -0.1) is 0 Å². The molecule has 0 spiro atoms. The molecule has 5 unspecified atom stereocenters. The Bertz CT molecular complexity index is 913. The predicted molar refractivity (Wildman–Crippen MR) is 130 cm³/mol. The number of nitriles is 1. The fraction of sp³-hybridized carbons (Fsp3) is 0.800. The van der Waals surface area contributed by atoms with E-state index in [4.69, 9.17) is 14.8 Å². The molecule has 0 aromatic heterocycles. The first-order chi connectivity index (χ1) is 17.5. The molecule has 4 N–H and O–H groups in total. The van der Waals surface area contributed by atoms with E-state index in [0.717, 1.165) is 44.4 Å². The van der Waals surface area contributed by atoms with Crippen LogP contribution in [0.2, 0.25) is 0 Å². The van der Waals surface area contributed by atoms with Gasteiger partial charge in [-0.25, -0.2) is 0 Å². The maximum absolute atomic E-state index is 12.0. The Morgan fingerprint density at radius 1 is 1.29 bits per heavy atom. The third-order valence-corrected chi connectivity index (χ3v) is 7.71. The highest BCUT2D eigenvalue weighted by Gasteiger charge is 2.62. The summed E-state index contributed by atoms with van der Waals surface area (Å²) in [5.74, 6) is -0.630. The van der Waals surface area contributed by atoms with Crippen molar-refractivity contribution in [2.75, 3.05) is 19.7 Å². The molecule has 214 valence electrons. The van der Waals surface area contributed by atoms with Crippen LogP contribution in [-0.4, -0.2) is 72.6 Å². The Morgan fingerprint density at radius 3 is 2.26 bits per heavy atom. The van der Waals surface area contributed by atoms with Crippen molar-refractivity contribution in [2.24, 2.45) is 28.9 Å². The van der Waals surface area contributed by atoms with Gasteiger partial charge in [0, 0.05) is 31.2 Å². The summed E-state index contributed by atoms with van der Waals surface area (Å²) in [6.07, 6.45) is -0.285. The summed E-state index contributed by atoms with van der Waals surface area (Å²) in [5, 5.41) is 14.0. The van der Waals surface area contributed by atoms with Crippen LogP contribution in [0.15, 0.2) is 0 Å². The fourth-order valence-electron chi connectivity index (χ4n) is 5.38. The van der Waals surface area contributed by atoms with Gasteiger partial charge in [-0.3, -0.25) is 19.2 Å². The van der Waals surface area contributed by atoms with Crippen molar-refractivity contribution in [1.82, 2.24) is 15.5 Å². The number of likely N-dealkylation sites (tertiary alicyclic amines) is 1. The molecule has 4 amide bonds. The molecule has 4 rings (SSSR count). The topological polar surface area (TPSA) is 155 Å². The number of alkyl halides is 3. The Kier molecular flexibility index (Phi) is 10.2. The van der Waals surface area contributed by atoms with Crippen LogP contribution in [-0.2, 0) is 23.9 Å². The predicted octanol–water partition coefficient (Wildman–Crippen LogP) is 1.63. The van der Waals surface area contributed by atoms with Crippen molar-refractivity contribution in [2.45, 2.75) is 83.7 Å². The lowest BCUT2D eigenvalue weighted by molar-refractivity contribution is -0.169. The number of carbonyl (C=O) groups excluding carboxylic acids is 4. The maximum Gasteiger partial charge on any atom is 0.470 e. The Hall–Kier alpha value is -2.88. The smallest absolute Gasteiger partial charge is 0.378 e. The molecule has 0 aromatic carbocycles. The average Bonchev–Trinajstić information content (AvgIpc) is 3.33. The van der Waals surface area contributed by atoms with Crippen LogP contribution < -0.4 is 16.4 Å². The molecule has 4 fully saturated rings. The van der Waals surface area contributed by atoms with Crippen LogP contribution in [0.3, 0.4) is 0 Å². The monoisotopic (exact) mass is 545 g/mol. The number of halogens is 3. The minimum absolute atomic E-state index is 0.0343. The van der Waals surface area contributed by atoms with Crippen LogP contribution in [0.1, 0.15) is 59.8 Å². The third kappa shape index (κ3) is 8.58. The molecule has 10 nitrogen and oxygen atoms in total. The van der Waals surface area contributed by atoms with E-state index in [0.29, 0.717) is 37.0 Å². The second-order valence-corrected chi connectivity index (χ2v) is 11.5. The summed E-state index contributed by atoms with van der Waals surface area (Å²) in [5.41, 5.74) is 4.10. The Labute approximate surface area is 220 Å². The lowest BCUT2D eigenvalue weighted by Gasteiger charge is -2.23. The van der Waals surface area contributed by atoms with Gasteiger partial charge in [0.05, 0.1) is 18.6 Å². The molecule has 0 bridgehead atoms. The van der Waals surface area contributed by atoms with Crippen molar-refractivity contribution in [3.05, 3.63) is 0 Å². The van der Waals surface area contributed by atoms with Crippen molar-refractivity contribution < 1.29 is 37.1 Å². The second kappa shape index (κ2) is 12.3. The SMILES string of the molecule is CC1(C)C2CN(C(=O)CC3CCCO3)CC21.CC1(C)CC(CC(C#N)NC=O)C(=O)N1.NC(=O)C(F)(F)F. The van der Waals surface area contributed by atoms with Gasteiger partial charge < -0.3 is 26.0 Å². The summed E-state index contributed by atoms with van der Waals surface area (Å²) in [7, 11) is 0. The molecule has 4 aliphatic rings. The highest BCUT2D eigenvalue weighted by atomic mass is 19.4. The number of rotatable bonds is 6. The number of hydrogen-bond donors (Lipinski definition) is 3. The molecule has 5 atom stereocenters. The molecule has 0 aromatic rings. The summed E-state index contributed by atoms with van der Waals surface area (Å²) >= 11 is 0. The number of ether oxygens (including phenoxy) is 1. The van der Waals surface area contributed by atoms with E-state index in [9.17, 15) is 27.6 Å². The average molecular weight is 546 g/mol. The molecule has 3 heterocycles. The van der Waals surface area contributed by atoms with E-state index in [2.05, 4.69) is 35.1 Å². The lowest BCUT2D eigenvalue weighted by Crippen LogP contribution is -2.35. The Balaban J connectivity index is 0.000000216. The first-order valence-electron chi connectivity index (χ1n) is 12.7. The number of carbonyl (C=O) groups is 4. The number of nitrogens with zero attached hydrogens (tertiary/aromatic N) is 2. The van der Waals surface area contributed by atoms with Crippen molar-refractivity contribution in [3.63, 3.8) is 0 Å². The molecule has 3 aliphatic heterocycles. The Morgan fingerprint density at radius 2 is 1.87 bits per heavy atom. The number of piperidine rings is 1. The van der Waals surface area contributed by atoms with Crippen LogP contribution in [0.25, 0.3) is 0 Å². The number of fused-ring (bicyclic) bond motifs is 1. The maximum atomic E-state index is 12.0. The van der Waals surface area contributed by atoms with Gasteiger partial charge in [0.1, 0.15) is 6.04 Å². The molecule has 0 radical (unpaired) electrons. The van der Waals surface area contributed by atoms with E-state index in [1.54, 1.807) is 0 Å². The highest BCUT2D eigenvalue weighted by Crippen LogP contribution is 2.62. The molecule has 38 heavy (non-hydrogen) atoms. The first kappa shape index (κ1) is 31.3. The minimum Gasteiger partial charge on any atom is -0.378 e. The van der Waals surface area contributed by atoms with E-state index in [1.165, 1.54) is 0 Å². The molecule has 13 heteroatoms. The number of primary amides is 1. The van der Waals surface area contributed by atoms with Gasteiger partial charge in [-0.2, -0.15) is 18.4 Å². The summed E-state index contributed by atoms with van der Waals surface area (Å²) < 4.78 is 37.6. The van der Waals surface area contributed by atoms with E-state index < -0.39 is 18.1 Å². The zero-order valence-electron chi connectivity index (χ0n) is 22.3.